The fraction of sp³-hybridized carbons (Fsp3) is 0.458. The summed E-state index contributed by atoms with van der Waals surface area (Å²) in [4.78, 5) is 16.1. The number of aryl methyl sites for hydroxylation is 2. The third-order valence-corrected chi connectivity index (χ3v) is 6.24. The van der Waals surface area contributed by atoms with E-state index in [1.165, 1.54) is 22.5 Å². The molecule has 2 aliphatic heterocycles. The fourth-order valence-electron chi connectivity index (χ4n) is 4.67. The summed E-state index contributed by atoms with van der Waals surface area (Å²) < 4.78 is 5.50. The van der Waals surface area contributed by atoms with Crippen LogP contribution in [0.1, 0.15) is 30.4 Å². The van der Waals surface area contributed by atoms with Gasteiger partial charge in [0.15, 0.2) is 0 Å². The Morgan fingerprint density at radius 2 is 1.87 bits per heavy atom. The van der Waals surface area contributed by atoms with E-state index in [0.717, 1.165) is 57.5 Å². The number of piperidine rings is 1. The maximum atomic E-state index is 11.3. The number of aliphatic carboxylic acids is 1. The first-order valence-electron chi connectivity index (χ1n) is 10.6. The standard InChI is InChI=1S/C24H30N2O3.ClH/c1-29-21-12-11-19-10-9-18-6-2-3-8-22(18)26(23(19)16-21)15-5-14-25-13-4-7-20(17-25)24(27)28;/h2-3,6,8,11-12,16,20H,4-5,7,9-10,13-15,17H2,1H3,(H,27,28);1H. The summed E-state index contributed by atoms with van der Waals surface area (Å²) in [5.74, 6) is 0.0123. The van der Waals surface area contributed by atoms with Gasteiger partial charge >= 0.3 is 5.97 Å². The Kier molecular flexibility index (Phi) is 7.62. The zero-order chi connectivity index (χ0) is 20.2. The molecular weight excluding hydrogens is 400 g/mol. The number of hydrogen-bond acceptors (Lipinski definition) is 4. The number of anilines is 2. The summed E-state index contributed by atoms with van der Waals surface area (Å²) in [5.41, 5.74) is 5.25. The van der Waals surface area contributed by atoms with E-state index in [2.05, 4.69) is 46.2 Å². The predicted molar refractivity (Wildman–Crippen MR) is 123 cm³/mol. The van der Waals surface area contributed by atoms with Crippen LogP contribution in [-0.4, -0.2) is 49.3 Å². The lowest BCUT2D eigenvalue weighted by Crippen LogP contribution is -2.39. The van der Waals surface area contributed by atoms with E-state index >= 15 is 0 Å². The Morgan fingerprint density at radius 1 is 1.10 bits per heavy atom. The molecule has 0 radical (unpaired) electrons. The summed E-state index contributed by atoms with van der Waals surface area (Å²) in [6.07, 6.45) is 4.84. The maximum Gasteiger partial charge on any atom is 0.307 e. The molecule has 1 unspecified atom stereocenters. The molecule has 1 fully saturated rings. The molecular formula is C24H31ClN2O3. The van der Waals surface area contributed by atoms with Gasteiger partial charge in [0.05, 0.1) is 13.0 Å². The maximum absolute atomic E-state index is 11.3. The fourth-order valence-corrected chi connectivity index (χ4v) is 4.67. The number of methoxy groups -OCH3 is 1. The van der Waals surface area contributed by atoms with Crippen molar-refractivity contribution < 1.29 is 14.6 Å². The van der Waals surface area contributed by atoms with Crippen LogP contribution in [0.5, 0.6) is 5.75 Å². The Bertz CT molecular complexity index is 873. The minimum atomic E-state index is -0.655. The Balaban J connectivity index is 0.00000256. The highest BCUT2D eigenvalue weighted by Gasteiger charge is 2.26. The molecule has 0 spiro atoms. The number of para-hydroxylation sites is 1. The van der Waals surface area contributed by atoms with Gasteiger partial charge in [0, 0.05) is 30.5 Å². The molecule has 1 N–H and O–H groups in total. The lowest BCUT2D eigenvalue weighted by atomic mass is 9.98. The number of carboxylic acid groups (broad SMARTS) is 1. The zero-order valence-corrected chi connectivity index (χ0v) is 18.4. The van der Waals surface area contributed by atoms with E-state index in [1.807, 2.05) is 6.07 Å². The molecule has 6 heteroatoms. The van der Waals surface area contributed by atoms with Crippen molar-refractivity contribution in [3.63, 3.8) is 0 Å². The number of likely N-dealkylation sites (tertiary alicyclic amines) is 1. The van der Waals surface area contributed by atoms with Crippen molar-refractivity contribution in [2.45, 2.75) is 32.1 Å². The van der Waals surface area contributed by atoms with Crippen LogP contribution in [0.4, 0.5) is 11.4 Å². The summed E-state index contributed by atoms with van der Waals surface area (Å²) in [7, 11) is 1.71. The largest absolute Gasteiger partial charge is 0.497 e. The van der Waals surface area contributed by atoms with Crippen LogP contribution in [0, 0.1) is 5.92 Å². The molecule has 0 aliphatic carbocycles. The molecule has 2 aliphatic rings. The SMILES string of the molecule is COc1ccc2c(c1)N(CCCN1CCCC(C(=O)O)C1)c1ccccc1CC2.Cl. The first-order valence-corrected chi connectivity index (χ1v) is 10.6. The molecule has 162 valence electrons. The third kappa shape index (κ3) is 4.90. The summed E-state index contributed by atoms with van der Waals surface area (Å²) in [6.45, 7) is 3.52. The molecule has 30 heavy (non-hydrogen) atoms. The summed E-state index contributed by atoms with van der Waals surface area (Å²) in [5, 5.41) is 9.34. The van der Waals surface area contributed by atoms with Crippen molar-refractivity contribution in [2.24, 2.45) is 5.92 Å². The van der Waals surface area contributed by atoms with Crippen LogP contribution in [0.2, 0.25) is 0 Å². The normalized spacial score (nSPS) is 18.6. The second-order valence-electron chi connectivity index (χ2n) is 8.11. The molecule has 2 aromatic rings. The van der Waals surface area contributed by atoms with Crippen molar-refractivity contribution in [2.75, 3.05) is 38.2 Å². The van der Waals surface area contributed by atoms with E-state index in [-0.39, 0.29) is 18.3 Å². The van der Waals surface area contributed by atoms with Gasteiger partial charge < -0.3 is 19.6 Å². The van der Waals surface area contributed by atoms with Crippen LogP contribution in [0.3, 0.4) is 0 Å². The topological polar surface area (TPSA) is 53.0 Å². The summed E-state index contributed by atoms with van der Waals surface area (Å²) in [6, 6.07) is 15.1. The lowest BCUT2D eigenvalue weighted by molar-refractivity contribution is -0.143. The molecule has 0 aromatic heterocycles. The number of carboxylic acids is 1. The average molecular weight is 431 g/mol. The van der Waals surface area contributed by atoms with Gasteiger partial charge in [-0.15, -0.1) is 12.4 Å². The van der Waals surface area contributed by atoms with Gasteiger partial charge in [0.1, 0.15) is 5.75 Å². The molecule has 2 heterocycles. The van der Waals surface area contributed by atoms with Crippen molar-refractivity contribution in [3.8, 4) is 5.75 Å². The van der Waals surface area contributed by atoms with Crippen molar-refractivity contribution in [1.29, 1.82) is 0 Å². The van der Waals surface area contributed by atoms with Crippen LogP contribution in [0.25, 0.3) is 0 Å². The Hall–Kier alpha value is -2.24. The molecule has 1 atom stereocenters. The molecule has 0 bridgehead atoms. The van der Waals surface area contributed by atoms with Crippen LogP contribution in [-0.2, 0) is 17.6 Å². The van der Waals surface area contributed by atoms with E-state index in [0.29, 0.717) is 6.54 Å². The van der Waals surface area contributed by atoms with Crippen LogP contribution >= 0.6 is 12.4 Å². The van der Waals surface area contributed by atoms with Crippen molar-refractivity contribution >= 4 is 29.8 Å². The predicted octanol–water partition coefficient (Wildman–Crippen LogP) is 4.54. The van der Waals surface area contributed by atoms with Gasteiger partial charge in [-0.2, -0.15) is 0 Å². The Labute approximate surface area is 185 Å². The quantitative estimate of drug-likeness (QED) is 0.729. The number of fused-ring (bicyclic) bond motifs is 2. The second-order valence-corrected chi connectivity index (χ2v) is 8.11. The molecule has 5 nitrogen and oxygen atoms in total. The van der Waals surface area contributed by atoms with Crippen molar-refractivity contribution in [3.05, 3.63) is 53.6 Å². The minimum absolute atomic E-state index is 0. The highest BCUT2D eigenvalue weighted by molar-refractivity contribution is 5.85. The molecule has 4 rings (SSSR count). The minimum Gasteiger partial charge on any atom is -0.497 e. The number of halogens is 1. The number of hydrogen-bond donors (Lipinski definition) is 1. The van der Waals surface area contributed by atoms with E-state index < -0.39 is 5.97 Å². The zero-order valence-electron chi connectivity index (χ0n) is 17.5. The average Bonchev–Trinajstić information content (AvgIpc) is 2.91. The third-order valence-electron chi connectivity index (χ3n) is 6.24. The Morgan fingerprint density at radius 3 is 2.63 bits per heavy atom. The number of carbonyl (C=O) groups is 1. The first kappa shape index (κ1) is 22.4. The van der Waals surface area contributed by atoms with Crippen LogP contribution < -0.4 is 9.64 Å². The monoisotopic (exact) mass is 430 g/mol. The van der Waals surface area contributed by atoms with Gasteiger partial charge in [-0.1, -0.05) is 24.3 Å². The highest BCUT2D eigenvalue weighted by atomic mass is 35.5. The van der Waals surface area contributed by atoms with E-state index in [4.69, 9.17) is 4.74 Å². The van der Waals surface area contributed by atoms with Crippen molar-refractivity contribution in [1.82, 2.24) is 4.90 Å². The summed E-state index contributed by atoms with van der Waals surface area (Å²) >= 11 is 0. The highest BCUT2D eigenvalue weighted by Crippen LogP contribution is 2.38. The van der Waals surface area contributed by atoms with Gasteiger partial charge in [-0.25, -0.2) is 0 Å². The first-order chi connectivity index (χ1) is 14.2. The van der Waals surface area contributed by atoms with E-state index in [1.54, 1.807) is 7.11 Å². The number of nitrogens with zero attached hydrogens (tertiary/aromatic N) is 2. The smallest absolute Gasteiger partial charge is 0.307 e. The second kappa shape index (κ2) is 10.2. The van der Waals surface area contributed by atoms with E-state index in [9.17, 15) is 9.90 Å². The molecule has 0 amide bonds. The van der Waals surface area contributed by atoms with Gasteiger partial charge in [-0.05, 0) is 68.5 Å². The molecule has 0 saturated carbocycles. The molecule has 1 saturated heterocycles. The lowest BCUT2D eigenvalue weighted by Gasteiger charge is -2.32. The van der Waals surface area contributed by atoms with Gasteiger partial charge in [0.25, 0.3) is 0 Å². The molecule has 2 aromatic carbocycles. The number of benzene rings is 2. The number of ether oxygens (including phenoxy) is 1. The van der Waals surface area contributed by atoms with Gasteiger partial charge in [0.2, 0.25) is 0 Å². The number of rotatable bonds is 6. The van der Waals surface area contributed by atoms with Crippen LogP contribution in [0.15, 0.2) is 42.5 Å². The van der Waals surface area contributed by atoms with Gasteiger partial charge in [-0.3, -0.25) is 4.79 Å².